The molecular formula is C25H27NO4S. The van der Waals surface area contributed by atoms with Crippen molar-refractivity contribution >= 4 is 23.2 Å². The summed E-state index contributed by atoms with van der Waals surface area (Å²) in [6.45, 7) is 2.32. The SMILES string of the molecule is C[C@@H](CCc1ccccc1)[C@H](O)C=C[C@H]1CCC(=O)N1CC#Cc1ccc(C(=O)O)s1. The van der Waals surface area contributed by atoms with Crippen LogP contribution in [0, 0.1) is 17.8 Å². The molecule has 0 saturated carbocycles. The largest absolute Gasteiger partial charge is 0.477 e. The maximum absolute atomic E-state index is 12.2. The third-order valence-corrected chi connectivity index (χ3v) is 6.49. The Morgan fingerprint density at radius 3 is 2.77 bits per heavy atom. The quantitative estimate of drug-likeness (QED) is 0.484. The molecule has 6 heteroatoms. The molecule has 31 heavy (non-hydrogen) atoms. The van der Waals surface area contributed by atoms with Crippen molar-refractivity contribution in [1.82, 2.24) is 4.90 Å². The summed E-state index contributed by atoms with van der Waals surface area (Å²) in [6.07, 6.45) is 6.15. The summed E-state index contributed by atoms with van der Waals surface area (Å²) in [4.78, 5) is 25.8. The number of rotatable bonds is 8. The molecular weight excluding hydrogens is 410 g/mol. The van der Waals surface area contributed by atoms with E-state index in [0.717, 1.165) is 24.2 Å². The Kier molecular flexibility index (Phi) is 8.05. The Bertz CT molecular complexity index is 986. The van der Waals surface area contributed by atoms with Gasteiger partial charge in [-0.15, -0.1) is 11.3 Å². The summed E-state index contributed by atoms with van der Waals surface area (Å²) < 4.78 is 0. The molecule has 162 valence electrons. The summed E-state index contributed by atoms with van der Waals surface area (Å²) in [7, 11) is 0. The zero-order valence-electron chi connectivity index (χ0n) is 17.5. The van der Waals surface area contributed by atoms with Crippen LogP contribution in [0.15, 0.2) is 54.6 Å². The molecule has 2 N–H and O–H groups in total. The number of hydrogen-bond donors (Lipinski definition) is 2. The normalized spacial score (nSPS) is 18.1. The van der Waals surface area contributed by atoms with E-state index >= 15 is 0 Å². The fourth-order valence-electron chi connectivity index (χ4n) is 3.53. The summed E-state index contributed by atoms with van der Waals surface area (Å²) in [6, 6.07) is 13.4. The van der Waals surface area contributed by atoms with Gasteiger partial charge in [0.2, 0.25) is 5.91 Å². The Labute approximate surface area is 187 Å². The molecule has 0 spiro atoms. The Morgan fingerprint density at radius 2 is 2.06 bits per heavy atom. The number of thiophene rings is 1. The lowest BCUT2D eigenvalue weighted by Gasteiger charge is -2.21. The van der Waals surface area contributed by atoms with Gasteiger partial charge in [-0.05, 0) is 42.9 Å². The predicted octanol–water partition coefficient (Wildman–Crippen LogP) is 3.97. The first-order valence-electron chi connectivity index (χ1n) is 10.5. The van der Waals surface area contributed by atoms with Crippen LogP contribution in [0.25, 0.3) is 0 Å². The number of carboxylic acid groups (broad SMARTS) is 1. The number of likely N-dealkylation sites (tertiary alicyclic amines) is 1. The molecule has 5 nitrogen and oxygen atoms in total. The molecule has 3 rings (SSSR count). The van der Waals surface area contributed by atoms with Crippen molar-refractivity contribution < 1.29 is 19.8 Å². The molecule has 1 fully saturated rings. The average molecular weight is 438 g/mol. The van der Waals surface area contributed by atoms with Gasteiger partial charge in [0.05, 0.1) is 23.6 Å². The van der Waals surface area contributed by atoms with Crippen molar-refractivity contribution in [3.05, 3.63) is 69.9 Å². The van der Waals surface area contributed by atoms with E-state index in [1.165, 1.54) is 11.6 Å². The van der Waals surface area contributed by atoms with Gasteiger partial charge in [0.1, 0.15) is 4.88 Å². The number of carbonyl (C=O) groups excluding carboxylic acids is 1. The number of benzene rings is 1. The second kappa shape index (κ2) is 10.9. The van der Waals surface area contributed by atoms with Crippen molar-refractivity contribution in [2.45, 2.75) is 44.8 Å². The lowest BCUT2D eigenvalue weighted by atomic mass is 9.95. The number of carboxylic acids is 1. The van der Waals surface area contributed by atoms with E-state index in [1.807, 2.05) is 31.2 Å². The van der Waals surface area contributed by atoms with Gasteiger partial charge in [0.25, 0.3) is 0 Å². The van der Waals surface area contributed by atoms with Crippen LogP contribution >= 0.6 is 11.3 Å². The lowest BCUT2D eigenvalue weighted by Crippen LogP contribution is -2.32. The van der Waals surface area contributed by atoms with Crippen molar-refractivity contribution in [3.63, 3.8) is 0 Å². The van der Waals surface area contributed by atoms with Crippen LogP contribution in [-0.2, 0) is 11.2 Å². The van der Waals surface area contributed by atoms with Crippen LogP contribution in [0.5, 0.6) is 0 Å². The van der Waals surface area contributed by atoms with Gasteiger partial charge in [-0.3, -0.25) is 4.79 Å². The van der Waals surface area contributed by atoms with Gasteiger partial charge in [-0.1, -0.05) is 61.2 Å². The Hall–Kier alpha value is -2.88. The molecule has 0 aliphatic carbocycles. The predicted molar refractivity (Wildman–Crippen MR) is 122 cm³/mol. The van der Waals surface area contributed by atoms with Crippen molar-refractivity contribution in [2.75, 3.05) is 6.54 Å². The third kappa shape index (κ3) is 6.55. The fraction of sp³-hybridized carbons (Fsp3) is 0.360. The van der Waals surface area contributed by atoms with E-state index in [4.69, 9.17) is 5.11 Å². The number of aliphatic hydroxyl groups excluding tert-OH is 1. The highest BCUT2D eigenvalue weighted by Gasteiger charge is 2.28. The highest BCUT2D eigenvalue weighted by atomic mass is 32.1. The van der Waals surface area contributed by atoms with E-state index < -0.39 is 12.1 Å². The fourth-order valence-corrected chi connectivity index (χ4v) is 4.25. The second-order valence-electron chi connectivity index (χ2n) is 7.78. The number of nitrogens with zero attached hydrogens (tertiary/aromatic N) is 1. The van der Waals surface area contributed by atoms with Gasteiger partial charge in [-0.25, -0.2) is 4.79 Å². The number of aliphatic hydroxyl groups is 1. The summed E-state index contributed by atoms with van der Waals surface area (Å²) in [5.74, 6) is 5.12. The van der Waals surface area contributed by atoms with Crippen molar-refractivity contribution in [1.29, 1.82) is 0 Å². The molecule has 2 aromatic rings. The van der Waals surface area contributed by atoms with Crippen LogP contribution < -0.4 is 0 Å². The van der Waals surface area contributed by atoms with Crippen LogP contribution in [0.2, 0.25) is 0 Å². The number of aryl methyl sites for hydroxylation is 1. The Morgan fingerprint density at radius 1 is 1.29 bits per heavy atom. The third-order valence-electron chi connectivity index (χ3n) is 5.50. The first-order valence-corrected chi connectivity index (χ1v) is 11.3. The van der Waals surface area contributed by atoms with E-state index in [0.29, 0.717) is 17.7 Å². The van der Waals surface area contributed by atoms with Crippen LogP contribution in [-0.4, -0.2) is 45.7 Å². The number of amides is 1. The second-order valence-corrected chi connectivity index (χ2v) is 8.86. The van der Waals surface area contributed by atoms with Crippen LogP contribution in [0.4, 0.5) is 0 Å². The summed E-state index contributed by atoms with van der Waals surface area (Å²) >= 11 is 1.12. The standard InChI is InChI=1S/C25H27NO4S/c1-18(9-10-19-6-3-2-4-7-19)22(27)14-11-20-12-16-24(28)26(20)17-5-8-21-13-15-23(31-21)25(29)30/h2-4,6-7,11,13-15,18,20,22,27H,9-10,12,16-17H2,1H3,(H,29,30)/t18-,20-,22+/m0/s1. The molecule has 0 unspecified atom stereocenters. The van der Waals surface area contributed by atoms with Gasteiger partial charge in [0.15, 0.2) is 0 Å². The first kappa shape index (κ1) is 22.8. The molecule has 1 aromatic carbocycles. The van der Waals surface area contributed by atoms with Gasteiger partial charge < -0.3 is 15.1 Å². The van der Waals surface area contributed by atoms with E-state index in [1.54, 1.807) is 17.0 Å². The molecule has 2 heterocycles. The zero-order chi connectivity index (χ0) is 22.2. The Balaban J connectivity index is 1.53. The van der Waals surface area contributed by atoms with Gasteiger partial charge in [-0.2, -0.15) is 0 Å². The van der Waals surface area contributed by atoms with Gasteiger partial charge >= 0.3 is 5.97 Å². The maximum Gasteiger partial charge on any atom is 0.345 e. The number of carbonyl (C=O) groups is 2. The zero-order valence-corrected chi connectivity index (χ0v) is 18.3. The molecule has 1 aromatic heterocycles. The van der Waals surface area contributed by atoms with Crippen molar-refractivity contribution in [3.8, 4) is 11.8 Å². The summed E-state index contributed by atoms with van der Waals surface area (Å²) in [5.41, 5.74) is 1.26. The molecule has 1 saturated heterocycles. The molecule has 1 amide bonds. The lowest BCUT2D eigenvalue weighted by molar-refractivity contribution is -0.127. The molecule has 1 aliphatic rings. The highest BCUT2D eigenvalue weighted by Crippen LogP contribution is 2.21. The van der Waals surface area contributed by atoms with Crippen LogP contribution in [0.3, 0.4) is 0 Å². The summed E-state index contributed by atoms with van der Waals surface area (Å²) in [5, 5.41) is 19.5. The molecule has 0 bridgehead atoms. The highest BCUT2D eigenvalue weighted by molar-refractivity contribution is 7.14. The van der Waals surface area contributed by atoms with Crippen molar-refractivity contribution in [2.24, 2.45) is 5.92 Å². The molecule has 1 aliphatic heterocycles. The maximum atomic E-state index is 12.2. The first-order chi connectivity index (χ1) is 14.9. The van der Waals surface area contributed by atoms with Gasteiger partial charge in [0, 0.05) is 6.42 Å². The van der Waals surface area contributed by atoms with E-state index in [-0.39, 0.29) is 29.3 Å². The smallest absolute Gasteiger partial charge is 0.345 e. The average Bonchev–Trinajstić information content (AvgIpc) is 3.38. The van der Waals surface area contributed by atoms with E-state index in [2.05, 4.69) is 24.0 Å². The number of aromatic carboxylic acids is 1. The molecule has 0 radical (unpaired) electrons. The van der Waals surface area contributed by atoms with E-state index in [9.17, 15) is 14.7 Å². The minimum Gasteiger partial charge on any atom is -0.477 e. The minimum absolute atomic E-state index is 0.0490. The van der Waals surface area contributed by atoms with Crippen LogP contribution in [0.1, 0.15) is 46.3 Å². The molecule has 3 atom stereocenters. The number of hydrogen-bond acceptors (Lipinski definition) is 4. The topological polar surface area (TPSA) is 77.8 Å². The monoisotopic (exact) mass is 437 g/mol. The minimum atomic E-state index is -0.963.